The summed E-state index contributed by atoms with van der Waals surface area (Å²) in [4.78, 5) is 57.1. The highest BCUT2D eigenvalue weighted by Gasteiger charge is 2.38. The van der Waals surface area contributed by atoms with E-state index in [0.29, 0.717) is 13.0 Å². The molecule has 4 rings (SSSR count). The van der Waals surface area contributed by atoms with Crippen molar-refractivity contribution in [1.29, 1.82) is 0 Å². The minimum Gasteiger partial charge on any atom is -0.383 e. The van der Waals surface area contributed by atoms with Crippen LogP contribution in [0.25, 0.3) is 0 Å². The molecule has 1 aliphatic rings. The van der Waals surface area contributed by atoms with Crippen LogP contribution in [-0.4, -0.2) is 39.4 Å². The number of anilines is 2. The Balaban J connectivity index is 1.61. The summed E-state index contributed by atoms with van der Waals surface area (Å²) < 4.78 is 1.26. The van der Waals surface area contributed by atoms with Gasteiger partial charge in [-0.1, -0.05) is 67.1 Å². The SMILES string of the molecule is CCCN(C(=O)[C@H]1CC(=O)N(Cc2ccc(C)cc2)C1)c1c(N)n(Cc2ccccc2)c(=O)[nH]c1=O. The molecule has 1 atom stereocenters. The third-order valence-electron chi connectivity index (χ3n) is 6.44. The summed E-state index contributed by atoms with van der Waals surface area (Å²) in [5.41, 5.74) is 7.87. The molecule has 1 aliphatic heterocycles. The Morgan fingerprint density at radius 3 is 2.36 bits per heavy atom. The monoisotopic (exact) mass is 489 g/mol. The van der Waals surface area contributed by atoms with Crippen molar-refractivity contribution in [1.82, 2.24) is 14.5 Å². The van der Waals surface area contributed by atoms with Crippen LogP contribution in [0.5, 0.6) is 0 Å². The second kappa shape index (κ2) is 10.6. The van der Waals surface area contributed by atoms with Gasteiger partial charge in [0.1, 0.15) is 5.82 Å². The maximum Gasteiger partial charge on any atom is 0.330 e. The van der Waals surface area contributed by atoms with Crippen LogP contribution in [0.1, 0.15) is 36.5 Å². The van der Waals surface area contributed by atoms with E-state index in [1.54, 1.807) is 4.90 Å². The van der Waals surface area contributed by atoms with Gasteiger partial charge in [-0.2, -0.15) is 0 Å². The largest absolute Gasteiger partial charge is 0.383 e. The molecule has 36 heavy (non-hydrogen) atoms. The van der Waals surface area contributed by atoms with Gasteiger partial charge in [0.15, 0.2) is 5.69 Å². The standard InChI is InChI=1S/C27H31N5O4/c1-3-13-31(23-24(28)32(27(36)29-25(23)34)16-19-7-5-4-6-8-19)26(35)21-14-22(33)30(17-21)15-20-11-9-18(2)10-12-20/h4-12,21H,3,13-17,28H2,1-2H3,(H,29,34,36)/t21-/m0/s1. The number of hydrogen-bond donors (Lipinski definition) is 2. The normalized spacial score (nSPS) is 15.3. The molecule has 1 saturated heterocycles. The number of carbonyl (C=O) groups excluding carboxylic acids is 2. The van der Waals surface area contributed by atoms with Crippen LogP contribution in [-0.2, 0) is 22.7 Å². The van der Waals surface area contributed by atoms with Gasteiger partial charge in [-0.05, 0) is 24.5 Å². The molecule has 0 bridgehead atoms. The fourth-order valence-corrected chi connectivity index (χ4v) is 4.54. The van der Waals surface area contributed by atoms with E-state index in [0.717, 1.165) is 16.7 Å². The summed E-state index contributed by atoms with van der Waals surface area (Å²) in [6, 6.07) is 17.2. The van der Waals surface area contributed by atoms with Gasteiger partial charge in [0.05, 0.1) is 12.5 Å². The lowest BCUT2D eigenvalue weighted by molar-refractivity contribution is -0.128. The molecule has 1 aromatic heterocycles. The highest BCUT2D eigenvalue weighted by Crippen LogP contribution is 2.26. The Labute approximate surface area is 209 Å². The van der Waals surface area contributed by atoms with Gasteiger partial charge in [0, 0.05) is 26.1 Å². The molecule has 0 spiro atoms. The van der Waals surface area contributed by atoms with E-state index in [2.05, 4.69) is 4.98 Å². The number of nitrogen functional groups attached to an aromatic ring is 1. The summed E-state index contributed by atoms with van der Waals surface area (Å²) >= 11 is 0. The van der Waals surface area contributed by atoms with E-state index in [9.17, 15) is 19.2 Å². The molecule has 1 fully saturated rings. The number of aromatic nitrogens is 2. The molecule has 2 aromatic carbocycles. The van der Waals surface area contributed by atoms with Crippen LogP contribution >= 0.6 is 0 Å². The summed E-state index contributed by atoms with van der Waals surface area (Å²) in [7, 11) is 0. The molecule has 0 radical (unpaired) electrons. The number of carbonyl (C=O) groups is 2. The van der Waals surface area contributed by atoms with Crippen LogP contribution in [0.15, 0.2) is 64.2 Å². The van der Waals surface area contributed by atoms with Crippen LogP contribution in [0.4, 0.5) is 11.5 Å². The predicted molar refractivity (Wildman–Crippen MR) is 139 cm³/mol. The van der Waals surface area contributed by atoms with Crippen LogP contribution in [0.3, 0.4) is 0 Å². The Kier molecular flexibility index (Phi) is 7.38. The summed E-state index contributed by atoms with van der Waals surface area (Å²) in [5, 5.41) is 0. The molecule has 2 amide bonds. The minimum absolute atomic E-state index is 0.0539. The van der Waals surface area contributed by atoms with Crippen molar-refractivity contribution in [2.75, 3.05) is 23.7 Å². The molecule has 3 aromatic rings. The number of nitrogens with two attached hydrogens (primary N) is 1. The number of hydrogen-bond acceptors (Lipinski definition) is 5. The van der Waals surface area contributed by atoms with E-state index in [1.807, 2.05) is 68.4 Å². The number of amides is 2. The zero-order valence-electron chi connectivity index (χ0n) is 20.6. The number of benzene rings is 2. The molecular formula is C27H31N5O4. The highest BCUT2D eigenvalue weighted by atomic mass is 16.2. The van der Waals surface area contributed by atoms with E-state index in [4.69, 9.17) is 5.73 Å². The van der Waals surface area contributed by atoms with Crippen LogP contribution in [0.2, 0.25) is 0 Å². The van der Waals surface area contributed by atoms with Crippen molar-refractivity contribution >= 4 is 23.3 Å². The van der Waals surface area contributed by atoms with Crippen molar-refractivity contribution in [3.05, 3.63) is 92.1 Å². The first-order valence-electron chi connectivity index (χ1n) is 12.1. The molecular weight excluding hydrogens is 458 g/mol. The topological polar surface area (TPSA) is 121 Å². The van der Waals surface area contributed by atoms with Gasteiger partial charge in [-0.15, -0.1) is 0 Å². The van der Waals surface area contributed by atoms with Crippen molar-refractivity contribution in [2.45, 2.75) is 39.8 Å². The highest BCUT2D eigenvalue weighted by molar-refractivity contribution is 6.00. The second-order valence-electron chi connectivity index (χ2n) is 9.22. The molecule has 0 unspecified atom stereocenters. The number of rotatable bonds is 8. The van der Waals surface area contributed by atoms with Crippen molar-refractivity contribution in [2.24, 2.45) is 5.92 Å². The first kappa shape index (κ1) is 25.0. The van der Waals surface area contributed by atoms with Crippen LogP contribution < -0.4 is 21.9 Å². The maximum absolute atomic E-state index is 13.6. The van der Waals surface area contributed by atoms with Gasteiger partial charge in [0.25, 0.3) is 5.56 Å². The average Bonchev–Trinajstić information content (AvgIpc) is 3.22. The Bertz CT molecular complexity index is 1360. The van der Waals surface area contributed by atoms with Crippen LogP contribution in [0, 0.1) is 12.8 Å². The number of aryl methyl sites for hydroxylation is 1. The fourth-order valence-electron chi connectivity index (χ4n) is 4.54. The number of likely N-dealkylation sites (tertiary alicyclic amines) is 1. The van der Waals surface area contributed by atoms with E-state index in [-0.39, 0.29) is 49.4 Å². The molecule has 3 N–H and O–H groups in total. The lowest BCUT2D eigenvalue weighted by Crippen LogP contribution is -2.44. The molecule has 9 heteroatoms. The lowest BCUT2D eigenvalue weighted by atomic mass is 10.1. The van der Waals surface area contributed by atoms with Gasteiger partial charge in [0.2, 0.25) is 11.8 Å². The Morgan fingerprint density at radius 1 is 1.03 bits per heavy atom. The van der Waals surface area contributed by atoms with Crippen molar-refractivity contribution in [3.63, 3.8) is 0 Å². The zero-order valence-corrected chi connectivity index (χ0v) is 20.6. The van der Waals surface area contributed by atoms with Gasteiger partial charge in [-0.3, -0.25) is 23.9 Å². The van der Waals surface area contributed by atoms with Crippen molar-refractivity contribution < 1.29 is 9.59 Å². The first-order valence-corrected chi connectivity index (χ1v) is 12.1. The first-order chi connectivity index (χ1) is 17.3. The molecule has 0 saturated carbocycles. The molecule has 9 nitrogen and oxygen atoms in total. The predicted octanol–water partition coefficient (Wildman–Crippen LogP) is 2.27. The number of nitrogens with one attached hydrogen (secondary N) is 1. The average molecular weight is 490 g/mol. The third-order valence-corrected chi connectivity index (χ3v) is 6.44. The quantitative estimate of drug-likeness (QED) is 0.503. The molecule has 188 valence electrons. The van der Waals surface area contributed by atoms with E-state index < -0.39 is 17.2 Å². The second-order valence-corrected chi connectivity index (χ2v) is 9.22. The molecule has 2 heterocycles. The summed E-state index contributed by atoms with van der Waals surface area (Å²) in [6.07, 6.45) is 0.628. The molecule has 0 aliphatic carbocycles. The summed E-state index contributed by atoms with van der Waals surface area (Å²) in [6.45, 7) is 4.94. The number of H-pyrrole nitrogens is 1. The zero-order chi connectivity index (χ0) is 25.8. The number of aromatic amines is 1. The van der Waals surface area contributed by atoms with E-state index >= 15 is 0 Å². The Hall–Kier alpha value is -4.14. The van der Waals surface area contributed by atoms with E-state index in [1.165, 1.54) is 9.47 Å². The lowest BCUT2D eigenvalue weighted by Gasteiger charge is -2.26. The van der Waals surface area contributed by atoms with Gasteiger partial charge < -0.3 is 15.5 Å². The van der Waals surface area contributed by atoms with Gasteiger partial charge >= 0.3 is 5.69 Å². The smallest absolute Gasteiger partial charge is 0.330 e. The van der Waals surface area contributed by atoms with Gasteiger partial charge in [-0.25, -0.2) is 4.79 Å². The summed E-state index contributed by atoms with van der Waals surface area (Å²) in [5.74, 6) is -1.14. The number of nitrogens with zero attached hydrogens (tertiary/aromatic N) is 3. The maximum atomic E-state index is 13.6. The Morgan fingerprint density at radius 2 is 1.69 bits per heavy atom. The fraction of sp³-hybridized carbons (Fsp3) is 0.333. The van der Waals surface area contributed by atoms with Crippen molar-refractivity contribution in [3.8, 4) is 0 Å². The minimum atomic E-state index is -0.718. The third kappa shape index (κ3) is 5.25.